The van der Waals surface area contributed by atoms with E-state index >= 15 is 0 Å². The summed E-state index contributed by atoms with van der Waals surface area (Å²) in [6, 6.07) is 2.25. The number of pyridine rings is 1. The van der Waals surface area contributed by atoms with Gasteiger partial charge in [-0.15, -0.1) is 0 Å². The average Bonchev–Trinajstić information content (AvgIpc) is 2.36. The molecular weight excluding hydrogens is 262 g/mol. The quantitative estimate of drug-likeness (QED) is 0.847. The van der Waals surface area contributed by atoms with E-state index in [2.05, 4.69) is 50.9 Å². The van der Waals surface area contributed by atoms with Crippen molar-refractivity contribution in [3.05, 3.63) is 23.4 Å². The van der Waals surface area contributed by atoms with Crippen LogP contribution in [0.1, 0.15) is 45.2 Å². The Morgan fingerprint density at radius 2 is 2.24 bits per heavy atom. The van der Waals surface area contributed by atoms with Crippen LogP contribution in [0.15, 0.2) is 12.3 Å². The van der Waals surface area contributed by atoms with Crippen molar-refractivity contribution >= 4 is 5.82 Å². The molecule has 1 aliphatic rings. The number of nitrogens with zero attached hydrogens (tertiary/aromatic N) is 2. The van der Waals surface area contributed by atoms with Crippen molar-refractivity contribution in [1.82, 2.24) is 10.3 Å². The molecule has 1 N–H and O–H groups in total. The molecule has 118 valence electrons. The first-order valence-electron chi connectivity index (χ1n) is 8.00. The van der Waals surface area contributed by atoms with Crippen LogP contribution in [0.25, 0.3) is 0 Å². The molecule has 1 aliphatic heterocycles. The maximum absolute atomic E-state index is 5.97. The highest BCUT2D eigenvalue weighted by molar-refractivity contribution is 5.48. The zero-order valence-corrected chi connectivity index (χ0v) is 14.1. The molecule has 0 radical (unpaired) electrons. The van der Waals surface area contributed by atoms with Gasteiger partial charge in [-0.05, 0) is 57.9 Å². The Kier molecular flexibility index (Phi) is 5.22. The van der Waals surface area contributed by atoms with Gasteiger partial charge in [-0.3, -0.25) is 0 Å². The fourth-order valence-electron chi connectivity index (χ4n) is 3.08. The minimum absolute atomic E-state index is 0.118. The Balaban J connectivity index is 2.09. The molecular formula is C17H29N3O. The highest BCUT2D eigenvalue weighted by Crippen LogP contribution is 2.27. The summed E-state index contributed by atoms with van der Waals surface area (Å²) in [6.07, 6.45) is 3.39. The van der Waals surface area contributed by atoms with Crippen molar-refractivity contribution in [2.75, 3.05) is 24.5 Å². The van der Waals surface area contributed by atoms with E-state index in [1.165, 1.54) is 11.1 Å². The molecule has 1 atom stereocenters. The average molecular weight is 291 g/mol. The van der Waals surface area contributed by atoms with Crippen LogP contribution < -0.4 is 10.2 Å². The summed E-state index contributed by atoms with van der Waals surface area (Å²) < 4.78 is 5.97. The van der Waals surface area contributed by atoms with Gasteiger partial charge in [-0.2, -0.15) is 0 Å². The summed E-state index contributed by atoms with van der Waals surface area (Å²) in [5.74, 6) is 1.09. The molecule has 1 aromatic rings. The lowest BCUT2D eigenvalue weighted by Crippen LogP contribution is -2.52. The van der Waals surface area contributed by atoms with Gasteiger partial charge in [-0.25, -0.2) is 4.98 Å². The van der Waals surface area contributed by atoms with E-state index in [9.17, 15) is 0 Å². The summed E-state index contributed by atoms with van der Waals surface area (Å²) >= 11 is 0. The molecule has 2 heterocycles. The minimum Gasteiger partial charge on any atom is -0.369 e. The largest absolute Gasteiger partial charge is 0.369 e. The zero-order valence-electron chi connectivity index (χ0n) is 14.1. The highest BCUT2D eigenvalue weighted by Gasteiger charge is 2.32. The molecule has 4 heteroatoms. The molecule has 1 aromatic heterocycles. The second kappa shape index (κ2) is 6.75. The van der Waals surface area contributed by atoms with Gasteiger partial charge in [0.1, 0.15) is 5.82 Å². The molecule has 2 rings (SSSR count). The molecule has 0 saturated carbocycles. The second-order valence-electron chi connectivity index (χ2n) is 6.73. The first-order valence-corrected chi connectivity index (χ1v) is 8.00. The van der Waals surface area contributed by atoms with Gasteiger partial charge in [0.15, 0.2) is 0 Å². The lowest BCUT2D eigenvalue weighted by atomic mass is 10.0. The van der Waals surface area contributed by atoms with Gasteiger partial charge in [0.2, 0.25) is 0 Å². The van der Waals surface area contributed by atoms with Crippen LogP contribution in [0, 0.1) is 6.92 Å². The van der Waals surface area contributed by atoms with Crippen molar-refractivity contribution in [3.8, 4) is 0 Å². The fourth-order valence-corrected chi connectivity index (χ4v) is 3.08. The normalized spacial score (nSPS) is 21.6. The van der Waals surface area contributed by atoms with Gasteiger partial charge in [0.25, 0.3) is 0 Å². The summed E-state index contributed by atoms with van der Waals surface area (Å²) in [7, 11) is 0. The monoisotopic (exact) mass is 291 g/mol. The van der Waals surface area contributed by atoms with Crippen LogP contribution in [-0.4, -0.2) is 36.3 Å². The number of morpholine rings is 1. The van der Waals surface area contributed by atoms with Crippen molar-refractivity contribution < 1.29 is 4.74 Å². The molecule has 21 heavy (non-hydrogen) atoms. The Hall–Kier alpha value is -1.13. The van der Waals surface area contributed by atoms with Crippen LogP contribution in [0.2, 0.25) is 0 Å². The number of aryl methyl sites for hydroxylation is 1. The molecule has 0 spiro atoms. The number of nitrogens with one attached hydrogen (secondary N) is 1. The maximum atomic E-state index is 5.97. The third kappa shape index (κ3) is 4.42. The molecule has 1 fully saturated rings. The SMILES string of the molecule is CCCNCc1cnc(N2CC(C)OC(C)(C)C2)c(C)c1. The molecule has 1 saturated heterocycles. The Morgan fingerprint density at radius 1 is 1.48 bits per heavy atom. The molecule has 0 aliphatic carbocycles. The predicted molar refractivity (Wildman–Crippen MR) is 87.8 cm³/mol. The van der Waals surface area contributed by atoms with E-state index in [1.807, 2.05) is 6.20 Å². The number of ether oxygens (including phenoxy) is 1. The Morgan fingerprint density at radius 3 is 2.86 bits per heavy atom. The van der Waals surface area contributed by atoms with Crippen molar-refractivity contribution in [2.24, 2.45) is 0 Å². The minimum atomic E-state index is -0.118. The van der Waals surface area contributed by atoms with Crippen LogP contribution in [-0.2, 0) is 11.3 Å². The van der Waals surface area contributed by atoms with E-state index in [0.717, 1.165) is 38.4 Å². The van der Waals surface area contributed by atoms with Gasteiger partial charge in [0, 0.05) is 25.8 Å². The third-order valence-corrected chi connectivity index (χ3v) is 3.73. The van der Waals surface area contributed by atoms with Gasteiger partial charge < -0.3 is 15.0 Å². The topological polar surface area (TPSA) is 37.4 Å². The van der Waals surface area contributed by atoms with Crippen molar-refractivity contribution in [2.45, 2.75) is 59.3 Å². The lowest BCUT2D eigenvalue weighted by molar-refractivity contribution is -0.0751. The maximum Gasteiger partial charge on any atom is 0.131 e. The second-order valence-corrected chi connectivity index (χ2v) is 6.73. The Labute approximate surface area is 128 Å². The summed E-state index contributed by atoms with van der Waals surface area (Å²) in [5, 5.41) is 3.42. The van der Waals surface area contributed by atoms with Crippen LogP contribution in [0.5, 0.6) is 0 Å². The molecule has 0 bridgehead atoms. The molecule has 0 amide bonds. The van der Waals surface area contributed by atoms with E-state index < -0.39 is 0 Å². The zero-order chi connectivity index (χ0) is 15.5. The first kappa shape index (κ1) is 16.2. The highest BCUT2D eigenvalue weighted by atomic mass is 16.5. The number of anilines is 1. The van der Waals surface area contributed by atoms with Crippen molar-refractivity contribution in [1.29, 1.82) is 0 Å². The van der Waals surface area contributed by atoms with Crippen molar-refractivity contribution in [3.63, 3.8) is 0 Å². The predicted octanol–water partition coefficient (Wildman–Crippen LogP) is 2.89. The summed E-state index contributed by atoms with van der Waals surface area (Å²) in [6.45, 7) is 14.5. The van der Waals surface area contributed by atoms with Crippen LogP contribution >= 0.6 is 0 Å². The molecule has 1 unspecified atom stereocenters. The van der Waals surface area contributed by atoms with Crippen LogP contribution in [0.3, 0.4) is 0 Å². The Bertz CT molecular complexity index is 473. The first-order chi connectivity index (χ1) is 9.91. The number of hydrogen-bond donors (Lipinski definition) is 1. The summed E-state index contributed by atoms with van der Waals surface area (Å²) in [5.41, 5.74) is 2.38. The number of hydrogen-bond acceptors (Lipinski definition) is 4. The molecule has 0 aromatic carbocycles. The fraction of sp³-hybridized carbons (Fsp3) is 0.706. The summed E-state index contributed by atoms with van der Waals surface area (Å²) in [4.78, 5) is 7.06. The van der Waals surface area contributed by atoms with E-state index in [-0.39, 0.29) is 11.7 Å². The molecule has 4 nitrogen and oxygen atoms in total. The standard InChI is InChI=1S/C17H29N3O/c1-6-7-18-9-15-8-13(2)16(19-10-15)20-11-14(3)21-17(4,5)12-20/h8,10,14,18H,6-7,9,11-12H2,1-5H3. The van der Waals surface area contributed by atoms with Gasteiger partial charge >= 0.3 is 0 Å². The number of aromatic nitrogens is 1. The smallest absolute Gasteiger partial charge is 0.131 e. The lowest BCUT2D eigenvalue weighted by Gasteiger charge is -2.42. The van der Waals surface area contributed by atoms with E-state index in [0.29, 0.717) is 0 Å². The van der Waals surface area contributed by atoms with Gasteiger partial charge in [-0.1, -0.05) is 6.92 Å². The number of rotatable bonds is 5. The van der Waals surface area contributed by atoms with Gasteiger partial charge in [0.05, 0.1) is 11.7 Å². The van der Waals surface area contributed by atoms with Crippen LogP contribution in [0.4, 0.5) is 5.82 Å². The third-order valence-electron chi connectivity index (χ3n) is 3.73. The van der Waals surface area contributed by atoms with E-state index in [1.54, 1.807) is 0 Å². The van der Waals surface area contributed by atoms with E-state index in [4.69, 9.17) is 9.72 Å².